The minimum atomic E-state index is -0.401. The summed E-state index contributed by atoms with van der Waals surface area (Å²) in [6, 6.07) is 16.8. The van der Waals surface area contributed by atoms with Gasteiger partial charge in [0.05, 0.1) is 12.5 Å². The standard InChI is InChI=1S/C22H20ClN3O3/c1-14-2-4-15(5-3-14)20-11-18(25-29-20)12-24-22(28)16-10-21(27)26(13-16)19-8-6-17(23)7-9-19/h2-9,11,16H,10,12-13H2,1H3,(H,24,28). The van der Waals surface area contributed by atoms with E-state index in [9.17, 15) is 9.59 Å². The molecule has 1 aromatic heterocycles. The summed E-state index contributed by atoms with van der Waals surface area (Å²) in [5.41, 5.74) is 3.47. The molecular weight excluding hydrogens is 390 g/mol. The van der Waals surface area contributed by atoms with E-state index in [4.69, 9.17) is 16.1 Å². The van der Waals surface area contributed by atoms with E-state index >= 15 is 0 Å². The Morgan fingerprint density at radius 2 is 1.93 bits per heavy atom. The van der Waals surface area contributed by atoms with Crippen LogP contribution in [0, 0.1) is 12.8 Å². The van der Waals surface area contributed by atoms with Gasteiger partial charge in [0.1, 0.15) is 5.69 Å². The normalized spacial score (nSPS) is 16.3. The fourth-order valence-corrected chi connectivity index (χ4v) is 3.45. The van der Waals surface area contributed by atoms with Crippen molar-refractivity contribution in [3.63, 3.8) is 0 Å². The second kappa shape index (κ2) is 8.09. The number of anilines is 1. The van der Waals surface area contributed by atoms with Crippen LogP contribution in [0.5, 0.6) is 0 Å². The van der Waals surface area contributed by atoms with Crippen molar-refractivity contribution in [1.82, 2.24) is 10.5 Å². The molecule has 2 heterocycles. The molecule has 0 saturated carbocycles. The highest BCUT2D eigenvalue weighted by Crippen LogP contribution is 2.26. The van der Waals surface area contributed by atoms with E-state index in [1.165, 1.54) is 5.56 Å². The van der Waals surface area contributed by atoms with Crippen LogP contribution >= 0.6 is 11.6 Å². The maximum atomic E-state index is 12.5. The molecule has 1 aliphatic heterocycles. The van der Waals surface area contributed by atoms with Gasteiger partial charge in [-0.2, -0.15) is 0 Å². The quantitative estimate of drug-likeness (QED) is 0.691. The first-order valence-corrected chi connectivity index (χ1v) is 9.73. The molecule has 4 rings (SSSR count). The molecule has 1 fully saturated rings. The van der Waals surface area contributed by atoms with Gasteiger partial charge in [-0.1, -0.05) is 46.6 Å². The van der Waals surface area contributed by atoms with E-state index in [-0.39, 0.29) is 24.8 Å². The average molecular weight is 410 g/mol. The third-order valence-electron chi connectivity index (χ3n) is 4.97. The van der Waals surface area contributed by atoms with Crippen molar-refractivity contribution in [2.45, 2.75) is 19.9 Å². The van der Waals surface area contributed by atoms with Gasteiger partial charge in [-0.15, -0.1) is 0 Å². The van der Waals surface area contributed by atoms with E-state index in [1.807, 2.05) is 37.3 Å². The summed E-state index contributed by atoms with van der Waals surface area (Å²) < 4.78 is 5.38. The fourth-order valence-electron chi connectivity index (χ4n) is 3.32. The Hall–Kier alpha value is -3.12. The lowest BCUT2D eigenvalue weighted by molar-refractivity contribution is -0.126. The van der Waals surface area contributed by atoms with Crippen molar-refractivity contribution in [3.8, 4) is 11.3 Å². The van der Waals surface area contributed by atoms with E-state index in [0.29, 0.717) is 23.0 Å². The number of benzene rings is 2. The Labute approximate surface area is 173 Å². The Bertz CT molecular complexity index is 1030. The predicted octanol–water partition coefficient (Wildman–Crippen LogP) is 3.97. The lowest BCUT2D eigenvalue weighted by Gasteiger charge is -2.16. The third kappa shape index (κ3) is 4.32. The molecule has 6 nitrogen and oxygen atoms in total. The summed E-state index contributed by atoms with van der Waals surface area (Å²) in [5.74, 6) is 0.00567. The van der Waals surface area contributed by atoms with Crippen molar-refractivity contribution in [2.75, 3.05) is 11.4 Å². The highest BCUT2D eigenvalue weighted by atomic mass is 35.5. The molecule has 1 aliphatic rings. The predicted molar refractivity (Wildman–Crippen MR) is 110 cm³/mol. The van der Waals surface area contributed by atoms with Crippen molar-refractivity contribution < 1.29 is 14.1 Å². The molecule has 7 heteroatoms. The molecule has 0 aliphatic carbocycles. The summed E-state index contributed by atoms with van der Waals surface area (Å²) in [4.78, 5) is 26.5. The number of aryl methyl sites for hydroxylation is 1. The lowest BCUT2D eigenvalue weighted by Crippen LogP contribution is -2.32. The molecule has 1 saturated heterocycles. The number of aromatic nitrogens is 1. The summed E-state index contributed by atoms with van der Waals surface area (Å²) in [7, 11) is 0. The van der Waals surface area contributed by atoms with Gasteiger partial charge in [0, 0.05) is 35.3 Å². The van der Waals surface area contributed by atoms with Crippen LogP contribution in [0.15, 0.2) is 59.1 Å². The fraction of sp³-hybridized carbons (Fsp3) is 0.227. The number of hydrogen-bond acceptors (Lipinski definition) is 4. The summed E-state index contributed by atoms with van der Waals surface area (Å²) in [6.07, 6.45) is 0.182. The minimum absolute atomic E-state index is 0.0736. The van der Waals surface area contributed by atoms with Crippen LogP contribution in [0.2, 0.25) is 5.02 Å². The molecule has 0 bridgehead atoms. The molecule has 2 amide bonds. The molecular formula is C22H20ClN3O3. The molecule has 2 aromatic carbocycles. The van der Waals surface area contributed by atoms with Crippen molar-refractivity contribution in [2.24, 2.45) is 5.92 Å². The number of rotatable bonds is 5. The Morgan fingerprint density at radius 1 is 1.21 bits per heavy atom. The zero-order valence-corrected chi connectivity index (χ0v) is 16.6. The van der Waals surface area contributed by atoms with Gasteiger partial charge in [0.25, 0.3) is 0 Å². The van der Waals surface area contributed by atoms with Gasteiger partial charge in [0.15, 0.2) is 5.76 Å². The Balaban J connectivity index is 1.35. The average Bonchev–Trinajstić information content (AvgIpc) is 3.34. The smallest absolute Gasteiger partial charge is 0.227 e. The van der Waals surface area contributed by atoms with E-state index in [2.05, 4.69) is 10.5 Å². The first-order valence-electron chi connectivity index (χ1n) is 9.36. The number of nitrogens with zero attached hydrogens (tertiary/aromatic N) is 2. The first-order chi connectivity index (χ1) is 14.0. The molecule has 29 heavy (non-hydrogen) atoms. The van der Waals surface area contributed by atoms with Crippen LogP contribution in [-0.4, -0.2) is 23.5 Å². The van der Waals surface area contributed by atoms with Crippen molar-refractivity contribution in [3.05, 3.63) is 70.9 Å². The third-order valence-corrected chi connectivity index (χ3v) is 5.22. The molecule has 1 N–H and O–H groups in total. The van der Waals surface area contributed by atoms with Crippen molar-refractivity contribution >= 4 is 29.1 Å². The number of halogens is 1. The van der Waals surface area contributed by atoms with Gasteiger partial charge in [-0.25, -0.2) is 0 Å². The Morgan fingerprint density at radius 3 is 2.66 bits per heavy atom. The number of nitrogens with one attached hydrogen (secondary N) is 1. The van der Waals surface area contributed by atoms with E-state index in [0.717, 1.165) is 11.3 Å². The lowest BCUT2D eigenvalue weighted by atomic mass is 10.1. The van der Waals surface area contributed by atoms with Crippen LogP contribution in [0.1, 0.15) is 17.7 Å². The SMILES string of the molecule is Cc1ccc(-c2cc(CNC(=O)C3CC(=O)N(c4ccc(Cl)cc4)C3)no2)cc1. The van der Waals surface area contributed by atoms with Crippen LogP contribution in [0.3, 0.4) is 0 Å². The van der Waals surface area contributed by atoms with Gasteiger partial charge in [-0.3, -0.25) is 9.59 Å². The largest absolute Gasteiger partial charge is 0.356 e. The number of carbonyl (C=O) groups is 2. The summed E-state index contributed by atoms with van der Waals surface area (Å²) in [6.45, 7) is 2.62. The van der Waals surface area contributed by atoms with Crippen LogP contribution in [0.4, 0.5) is 5.69 Å². The topological polar surface area (TPSA) is 75.4 Å². The second-order valence-corrected chi connectivity index (χ2v) is 7.58. The molecule has 1 atom stereocenters. The van der Waals surface area contributed by atoms with E-state index in [1.54, 1.807) is 29.2 Å². The van der Waals surface area contributed by atoms with Gasteiger partial charge >= 0.3 is 0 Å². The van der Waals surface area contributed by atoms with Crippen molar-refractivity contribution in [1.29, 1.82) is 0 Å². The van der Waals surface area contributed by atoms with Gasteiger partial charge in [0.2, 0.25) is 11.8 Å². The zero-order chi connectivity index (χ0) is 20.4. The number of carbonyl (C=O) groups excluding carboxylic acids is 2. The van der Waals surface area contributed by atoms with Crippen LogP contribution in [0.25, 0.3) is 11.3 Å². The first kappa shape index (κ1) is 19.2. The molecule has 0 radical (unpaired) electrons. The molecule has 1 unspecified atom stereocenters. The molecule has 3 aromatic rings. The number of amides is 2. The van der Waals surface area contributed by atoms with E-state index < -0.39 is 5.92 Å². The molecule has 148 valence electrons. The summed E-state index contributed by atoms with van der Waals surface area (Å²) >= 11 is 5.90. The highest BCUT2D eigenvalue weighted by molar-refractivity contribution is 6.30. The zero-order valence-electron chi connectivity index (χ0n) is 15.9. The summed E-state index contributed by atoms with van der Waals surface area (Å²) in [5, 5.41) is 7.48. The van der Waals surface area contributed by atoms with Crippen LogP contribution in [-0.2, 0) is 16.1 Å². The Kier molecular flexibility index (Phi) is 5.36. The van der Waals surface area contributed by atoms with Gasteiger partial charge < -0.3 is 14.7 Å². The highest BCUT2D eigenvalue weighted by Gasteiger charge is 2.35. The molecule has 0 spiro atoms. The minimum Gasteiger partial charge on any atom is -0.356 e. The number of hydrogen-bond donors (Lipinski definition) is 1. The second-order valence-electron chi connectivity index (χ2n) is 7.15. The maximum Gasteiger partial charge on any atom is 0.227 e. The monoisotopic (exact) mass is 409 g/mol. The maximum absolute atomic E-state index is 12.5. The van der Waals surface area contributed by atoms with Gasteiger partial charge in [-0.05, 0) is 31.2 Å². The van der Waals surface area contributed by atoms with Crippen LogP contribution < -0.4 is 10.2 Å².